The molecule has 3 nitrogen and oxygen atoms in total. The highest BCUT2D eigenvalue weighted by atomic mass is 16.5. The van der Waals surface area contributed by atoms with Gasteiger partial charge in [0, 0.05) is 12.6 Å². The number of pyridine rings is 1. The van der Waals surface area contributed by atoms with E-state index >= 15 is 0 Å². The maximum atomic E-state index is 11.0. The number of Topliss-reactive ketones (excluding diaryl/α,β-unsaturated/α-hetero) is 1. The second kappa shape index (κ2) is 6.14. The number of carbonyl (C=O) groups excluding carboxylic acids is 1. The predicted octanol–water partition coefficient (Wildman–Crippen LogP) is 3.10. The van der Waals surface area contributed by atoms with E-state index in [1.54, 1.807) is 13.1 Å². The van der Waals surface area contributed by atoms with Gasteiger partial charge in [0.2, 0.25) is 0 Å². The fourth-order valence-corrected chi connectivity index (χ4v) is 1.81. The molecule has 1 aromatic carbocycles. The quantitative estimate of drug-likeness (QED) is 0.824. The maximum absolute atomic E-state index is 11.0. The molecule has 19 heavy (non-hydrogen) atoms. The second-order valence-electron chi connectivity index (χ2n) is 4.58. The lowest BCUT2D eigenvalue weighted by molar-refractivity contribution is -0.116. The van der Waals surface area contributed by atoms with Crippen LogP contribution in [0.25, 0.3) is 0 Å². The van der Waals surface area contributed by atoms with Crippen molar-refractivity contribution in [2.24, 2.45) is 0 Å². The first-order chi connectivity index (χ1) is 9.15. The molecular formula is C16H17NO2. The van der Waals surface area contributed by atoms with E-state index in [1.165, 1.54) is 0 Å². The number of hydrogen-bond acceptors (Lipinski definition) is 3. The van der Waals surface area contributed by atoms with E-state index in [1.807, 2.05) is 43.3 Å². The van der Waals surface area contributed by atoms with Crippen molar-refractivity contribution in [1.29, 1.82) is 0 Å². The fraction of sp³-hybridized carbons (Fsp3) is 0.250. The normalized spacial score (nSPS) is 10.2. The highest BCUT2D eigenvalue weighted by Crippen LogP contribution is 2.15. The van der Waals surface area contributed by atoms with Crippen LogP contribution < -0.4 is 4.74 Å². The third-order valence-corrected chi connectivity index (χ3v) is 2.87. The number of aryl methyl sites for hydroxylation is 1. The standard InChI is InChI=1S/C16H17NO2/c1-12-4-3-9-17-16(12)11-19-15-7-5-14(6-8-15)10-13(2)18/h3-9H,10-11H2,1-2H3. The van der Waals surface area contributed by atoms with Crippen LogP contribution in [-0.4, -0.2) is 10.8 Å². The van der Waals surface area contributed by atoms with E-state index in [4.69, 9.17) is 4.74 Å². The molecule has 2 rings (SSSR count). The van der Waals surface area contributed by atoms with Crippen LogP contribution >= 0.6 is 0 Å². The molecule has 0 spiro atoms. The van der Waals surface area contributed by atoms with E-state index in [2.05, 4.69) is 4.98 Å². The Balaban J connectivity index is 1.97. The molecule has 1 heterocycles. The number of carbonyl (C=O) groups is 1. The van der Waals surface area contributed by atoms with Crippen molar-refractivity contribution in [2.45, 2.75) is 26.9 Å². The molecule has 98 valence electrons. The summed E-state index contributed by atoms with van der Waals surface area (Å²) in [5.74, 6) is 0.954. The summed E-state index contributed by atoms with van der Waals surface area (Å²) in [6, 6.07) is 11.5. The molecular weight excluding hydrogens is 238 g/mol. The third kappa shape index (κ3) is 3.91. The average molecular weight is 255 g/mol. The van der Waals surface area contributed by atoms with E-state index < -0.39 is 0 Å². The first-order valence-corrected chi connectivity index (χ1v) is 6.27. The topological polar surface area (TPSA) is 39.2 Å². The van der Waals surface area contributed by atoms with Gasteiger partial charge in [-0.25, -0.2) is 0 Å². The van der Waals surface area contributed by atoms with E-state index in [0.29, 0.717) is 13.0 Å². The molecule has 3 heteroatoms. The van der Waals surface area contributed by atoms with Crippen molar-refractivity contribution in [3.8, 4) is 5.75 Å². The van der Waals surface area contributed by atoms with Gasteiger partial charge in [-0.1, -0.05) is 18.2 Å². The Kier molecular flexibility index (Phi) is 4.29. The molecule has 0 aliphatic rings. The lowest BCUT2D eigenvalue weighted by Gasteiger charge is -2.08. The molecule has 0 amide bonds. The van der Waals surface area contributed by atoms with Crippen LogP contribution in [0, 0.1) is 6.92 Å². The lowest BCUT2D eigenvalue weighted by atomic mass is 10.1. The number of ether oxygens (including phenoxy) is 1. The minimum absolute atomic E-state index is 0.165. The Morgan fingerprint density at radius 2 is 1.95 bits per heavy atom. The number of benzene rings is 1. The summed E-state index contributed by atoms with van der Waals surface area (Å²) < 4.78 is 5.69. The molecule has 0 N–H and O–H groups in total. The summed E-state index contributed by atoms with van der Waals surface area (Å²) in [5, 5.41) is 0. The Labute approximate surface area is 113 Å². The minimum atomic E-state index is 0.165. The number of aromatic nitrogens is 1. The predicted molar refractivity (Wildman–Crippen MR) is 74.1 cm³/mol. The zero-order valence-electron chi connectivity index (χ0n) is 11.2. The Hall–Kier alpha value is -2.16. The average Bonchev–Trinajstić information content (AvgIpc) is 2.39. The molecule has 0 aliphatic carbocycles. The molecule has 1 aromatic heterocycles. The molecule has 2 aromatic rings. The maximum Gasteiger partial charge on any atom is 0.134 e. The van der Waals surface area contributed by atoms with Gasteiger partial charge in [0.25, 0.3) is 0 Å². The van der Waals surface area contributed by atoms with Crippen molar-refractivity contribution < 1.29 is 9.53 Å². The Morgan fingerprint density at radius 1 is 1.21 bits per heavy atom. The van der Waals surface area contributed by atoms with E-state index in [9.17, 15) is 4.79 Å². The van der Waals surface area contributed by atoms with Crippen LogP contribution in [-0.2, 0) is 17.8 Å². The van der Waals surface area contributed by atoms with Crippen LogP contribution in [0.1, 0.15) is 23.7 Å². The van der Waals surface area contributed by atoms with Crippen LogP contribution in [0.5, 0.6) is 5.75 Å². The SMILES string of the molecule is CC(=O)Cc1ccc(OCc2ncccc2C)cc1. The molecule has 0 aliphatic heterocycles. The molecule has 0 unspecified atom stereocenters. The fourth-order valence-electron chi connectivity index (χ4n) is 1.81. The summed E-state index contributed by atoms with van der Waals surface area (Å²) >= 11 is 0. The van der Waals surface area contributed by atoms with Crippen molar-refractivity contribution in [3.63, 3.8) is 0 Å². The smallest absolute Gasteiger partial charge is 0.134 e. The van der Waals surface area contributed by atoms with Gasteiger partial charge >= 0.3 is 0 Å². The van der Waals surface area contributed by atoms with Crippen molar-refractivity contribution in [3.05, 3.63) is 59.4 Å². The molecule has 0 bridgehead atoms. The summed E-state index contributed by atoms with van der Waals surface area (Å²) in [5.41, 5.74) is 3.07. The van der Waals surface area contributed by atoms with E-state index in [-0.39, 0.29) is 5.78 Å². The number of hydrogen-bond donors (Lipinski definition) is 0. The van der Waals surface area contributed by atoms with E-state index in [0.717, 1.165) is 22.6 Å². The summed E-state index contributed by atoms with van der Waals surface area (Å²) in [6.07, 6.45) is 2.24. The van der Waals surface area contributed by atoms with Crippen LogP contribution in [0.4, 0.5) is 0 Å². The van der Waals surface area contributed by atoms with Gasteiger partial charge in [0.15, 0.2) is 0 Å². The minimum Gasteiger partial charge on any atom is -0.487 e. The first-order valence-electron chi connectivity index (χ1n) is 6.27. The molecule has 0 atom stereocenters. The highest BCUT2D eigenvalue weighted by Gasteiger charge is 2.01. The van der Waals surface area contributed by atoms with Gasteiger partial charge in [0.05, 0.1) is 5.69 Å². The lowest BCUT2D eigenvalue weighted by Crippen LogP contribution is -2.01. The zero-order chi connectivity index (χ0) is 13.7. The van der Waals surface area contributed by atoms with Crippen molar-refractivity contribution in [1.82, 2.24) is 4.98 Å². The van der Waals surface area contributed by atoms with Crippen molar-refractivity contribution in [2.75, 3.05) is 0 Å². The van der Waals surface area contributed by atoms with Gasteiger partial charge in [-0.2, -0.15) is 0 Å². The van der Waals surface area contributed by atoms with Crippen LogP contribution in [0.3, 0.4) is 0 Å². The Bertz CT molecular complexity index is 561. The molecule has 0 fully saturated rings. The first kappa shape index (κ1) is 13.3. The number of nitrogens with zero attached hydrogens (tertiary/aromatic N) is 1. The van der Waals surface area contributed by atoms with Crippen LogP contribution in [0.15, 0.2) is 42.6 Å². The zero-order valence-corrected chi connectivity index (χ0v) is 11.2. The highest BCUT2D eigenvalue weighted by molar-refractivity contribution is 5.78. The molecule has 0 radical (unpaired) electrons. The number of ketones is 1. The van der Waals surface area contributed by atoms with Crippen molar-refractivity contribution >= 4 is 5.78 Å². The van der Waals surface area contributed by atoms with Gasteiger partial charge in [-0.3, -0.25) is 9.78 Å². The second-order valence-corrected chi connectivity index (χ2v) is 4.58. The van der Waals surface area contributed by atoms with Crippen LogP contribution in [0.2, 0.25) is 0 Å². The monoisotopic (exact) mass is 255 g/mol. The van der Waals surface area contributed by atoms with Gasteiger partial charge in [-0.15, -0.1) is 0 Å². The molecule has 0 saturated heterocycles. The Morgan fingerprint density at radius 3 is 2.58 bits per heavy atom. The summed E-state index contributed by atoms with van der Waals surface area (Å²) in [6.45, 7) is 4.06. The summed E-state index contributed by atoms with van der Waals surface area (Å²) in [4.78, 5) is 15.3. The van der Waals surface area contributed by atoms with Gasteiger partial charge in [0.1, 0.15) is 18.1 Å². The summed E-state index contributed by atoms with van der Waals surface area (Å²) in [7, 11) is 0. The van der Waals surface area contributed by atoms with Gasteiger partial charge in [-0.05, 0) is 43.2 Å². The molecule has 0 saturated carbocycles. The number of rotatable bonds is 5. The third-order valence-electron chi connectivity index (χ3n) is 2.87. The largest absolute Gasteiger partial charge is 0.487 e. The van der Waals surface area contributed by atoms with Gasteiger partial charge < -0.3 is 4.74 Å².